The molecule has 1 aromatic rings. The van der Waals surface area contributed by atoms with Crippen LogP contribution in [0.25, 0.3) is 0 Å². The molecule has 102 valence electrons. The summed E-state index contributed by atoms with van der Waals surface area (Å²) < 4.78 is 0. The first-order valence-corrected chi connectivity index (χ1v) is 7.16. The van der Waals surface area contributed by atoms with E-state index in [1.807, 2.05) is 0 Å². The SMILES string of the molecule is CCc1cccc(C(N)CC(C)CC(C)(C)C)c1. The van der Waals surface area contributed by atoms with Gasteiger partial charge in [0.2, 0.25) is 0 Å². The van der Waals surface area contributed by atoms with E-state index in [2.05, 4.69) is 58.9 Å². The molecule has 0 radical (unpaired) electrons. The number of rotatable bonds is 5. The molecule has 0 amide bonds. The van der Waals surface area contributed by atoms with Crippen molar-refractivity contribution in [3.05, 3.63) is 35.4 Å². The van der Waals surface area contributed by atoms with E-state index in [9.17, 15) is 0 Å². The molecule has 0 aromatic heterocycles. The van der Waals surface area contributed by atoms with E-state index in [1.165, 1.54) is 17.5 Å². The number of nitrogens with two attached hydrogens (primary N) is 1. The van der Waals surface area contributed by atoms with E-state index in [0.717, 1.165) is 12.8 Å². The van der Waals surface area contributed by atoms with Crippen molar-refractivity contribution in [2.24, 2.45) is 17.1 Å². The predicted octanol–water partition coefficient (Wildman–Crippen LogP) is 4.71. The molecule has 0 bridgehead atoms. The normalized spacial score (nSPS) is 15.4. The van der Waals surface area contributed by atoms with Gasteiger partial charge >= 0.3 is 0 Å². The zero-order valence-electron chi connectivity index (χ0n) is 12.7. The zero-order chi connectivity index (χ0) is 13.8. The Morgan fingerprint density at radius 3 is 2.44 bits per heavy atom. The second kappa shape index (κ2) is 6.38. The second-order valence-electron chi connectivity index (χ2n) is 6.81. The van der Waals surface area contributed by atoms with Crippen LogP contribution < -0.4 is 5.73 Å². The Balaban J connectivity index is 2.61. The van der Waals surface area contributed by atoms with Gasteiger partial charge < -0.3 is 5.73 Å². The van der Waals surface area contributed by atoms with Gasteiger partial charge in [-0.25, -0.2) is 0 Å². The van der Waals surface area contributed by atoms with Crippen molar-refractivity contribution in [1.82, 2.24) is 0 Å². The molecule has 2 N–H and O–H groups in total. The van der Waals surface area contributed by atoms with Gasteiger partial charge in [0, 0.05) is 6.04 Å². The van der Waals surface area contributed by atoms with E-state index in [-0.39, 0.29) is 6.04 Å². The molecule has 0 saturated heterocycles. The molecule has 0 heterocycles. The van der Waals surface area contributed by atoms with Crippen molar-refractivity contribution in [2.75, 3.05) is 0 Å². The van der Waals surface area contributed by atoms with Crippen LogP contribution in [0.15, 0.2) is 24.3 Å². The van der Waals surface area contributed by atoms with E-state index >= 15 is 0 Å². The standard InChI is InChI=1S/C17H29N/c1-6-14-8-7-9-15(11-14)16(18)10-13(2)12-17(3,4)5/h7-9,11,13,16H,6,10,12,18H2,1-5H3. The lowest BCUT2D eigenvalue weighted by Crippen LogP contribution is -2.18. The minimum atomic E-state index is 0.175. The number of hydrogen-bond acceptors (Lipinski definition) is 1. The second-order valence-corrected chi connectivity index (χ2v) is 6.81. The van der Waals surface area contributed by atoms with Gasteiger partial charge in [0.05, 0.1) is 0 Å². The Morgan fingerprint density at radius 2 is 1.89 bits per heavy atom. The lowest BCUT2D eigenvalue weighted by Gasteiger charge is -2.25. The third kappa shape index (κ3) is 5.22. The van der Waals surface area contributed by atoms with Crippen LogP contribution in [0.5, 0.6) is 0 Å². The summed E-state index contributed by atoms with van der Waals surface area (Å²) in [6, 6.07) is 8.90. The summed E-state index contributed by atoms with van der Waals surface area (Å²) in [6.07, 6.45) is 3.39. The fourth-order valence-electron chi connectivity index (χ4n) is 2.74. The lowest BCUT2D eigenvalue weighted by molar-refractivity contribution is 0.286. The molecule has 1 aromatic carbocycles. The molecule has 1 rings (SSSR count). The topological polar surface area (TPSA) is 26.0 Å². The van der Waals surface area contributed by atoms with Gasteiger partial charge in [0.15, 0.2) is 0 Å². The molecular weight excluding hydrogens is 218 g/mol. The summed E-state index contributed by atoms with van der Waals surface area (Å²) >= 11 is 0. The molecule has 0 spiro atoms. The number of hydrogen-bond donors (Lipinski definition) is 1. The van der Waals surface area contributed by atoms with E-state index in [4.69, 9.17) is 5.73 Å². The van der Waals surface area contributed by atoms with Crippen molar-refractivity contribution < 1.29 is 0 Å². The summed E-state index contributed by atoms with van der Waals surface area (Å²) in [5, 5.41) is 0. The Bertz CT molecular complexity index is 362. The summed E-state index contributed by atoms with van der Waals surface area (Å²) in [5.41, 5.74) is 9.40. The summed E-state index contributed by atoms with van der Waals surface area (Å²) in [5.74, 6) is 0.672. The van der Waals surface area contributed by atoms with Gasteiger partial charge in [-0.15, -0.1) is 0 Å². The zero-order valence-corrected chi connectivity index (χ0v) is 12.7. The molecule has 0 saturated carbocycles. The first-order chi connectivity index (χ1) is 8.31. The Morgan fingerprint density at radius 1 is 1.22 bits per heavy atom. The summed E-state index contributed by atoms with van der Waals surface area (Å²) in [7, 11) is 0. The maximum absolute atomic E-state index is 6.34. The molecule has 2 atom stereocenters. The summed E-state index contributed by atoms with van der Waals surface area (Å²) in [4.78, 5) is 0. The smallest absolute Gasteiger partial charge is 0.0297 e. The summed E-state index contributed by atoms with van der Waals surface area (Å²) in [6.45, 7) is 11.4. The molecule has 0 aliphatic rings. The third-order valence-corrected chi connectivity index (χ3v) is 3.40. The van der Waals surface area contributed by atoms with Crippen LogP contribution in [0.3, 0.4) is 0 Å². The van der Waals surface area contributed by atoms with E-state index < -0.39 is 0 Å². The van der Waals surface area contributed by atoms with Crippen LogP contribution >= 0.6 is 0 Å². The Kier molecular flexibility index (Phi) is 5.40. The molecule has 0 fully saturated rings. The van der Waals surface area contributed by atoms with Crippen molar-refractivity contribution in [1.29, 1.82) is 0 Å². The van der Waals surface area contributed by atoms with Crippen LogP contribution in [0.1, 0.15) is 64.6 Å². The van der Waals surface area contributed by atoms with Crippen LogP contribution in [0, 0.1) is 11.3 Å². The fourth-order valence-corrected chi connectivity index (χ4v) is 2.74. The molecule has 0 aliphatic carbocycles. The van der Waals surface area contributed by atoms with Gasteiger partial charge in [-0.3, -0.25) is 0 Å². The van der Waals surface area contributed by atoms with Crippen molar-refractivity contribution in [3.63, 3.8) is 0 Å². The van der Waals surface area contributed by atoms with E-state index in [1.54, 1.807) is 0 Å². The minimum absolute atomic E-state index is 0.175. The van der Waals surface area contributed by atoms with Crippen molar-refractivity contribution in [2.45, 2.75) is 59.9 Å². The molecule has 18 heavy (non-hydrogen) atoms. The lowest BCUT2D eigenvalue weighted by atomic mass is 9.82. The highest BCUT2D eigenvalue weighted by Crippen LogP contribution is 2.29. The first kappa shape index (κ1) is 15.2. The quantitative estimate of drug-likeness (QED) is 0.801. The van der Waals surface area contributed by atoms with Gasteiger partial charge in [-0.1, -0.05) is 58.9 Å². The van der Waals surface area contributed by atoms with Crippen LogP contribution in [-0.2, 0) is 6.42 Å². The monoisotopic (exact) mass is 247 g/mol. The van der Waals surface area contributed by atoms with Crippen molar-refractivity contribution in [3.8, 4) is 0 Å². The molecule has 2 unspecified atom stereocenters. The van der Waals surface area contributed by atoms with Crippen LogP contribution in [0.2, 0.25) is 0 Å². The molecule has 1 nitrogen and oxygen atoms in total. The Labute approximate surface area is 113 Å². The number of benzene rings is 1. The van der Waals surface area contributed by atoms with Gasteiger partial charge in [0.1, 0.15) is 0 Å². The number of aryl methyl sites for hydroxylation is 1. The predicted molar refractivity (Wildman–Crippen MR) is 80.6 cm³/mol. The average Bonchev–Trinajstić information content (AvgIpc) is 2.26. The van der Waals surface area contributed by atoms with E-state index in [0.29, 0.717) is 11.3 Å². The van der Waals surface area contributed by atoms with Gasteiger partial charge in [-0.2, -0.15) is 0 Å². The fraction of sp³-hybridized carbons (Fsp3) is 0.647. The largest absolute Gasteiger partial charge is 0.324 e. The van der Waals surface area contributed by atoms with Crippen molar-refractivity contribution >= 4 is 0 Å². The molecular formula is C17H29N. The average molecular weight is 247 g/mol. The highest BCUT2D eigenvalue weighted by atomic mass is 14.6. The third-order valence-electron chi connectivity index (χ3n) is 3.40. The molecule has 0 aliphatic heterocycles. The van der Waals surface area contributed by atoms with Gasteiger partial charge in [0.25, 0.3) is 0 Å². The highest BCUT2D eigenvalue weighted by Gasteiger charge is 2.18. The maximum Gasteiger partial charge on any atom is 0.0297 e. The minimum Gasteiger partial charge on any atom is -0.324 e. The van der Waals surface area contributed by atoms with Gasteiger partial charge in [-0.05, 0) is 41.7 Å². The maximum atomic E-state index is 6.34. The van der Waals surface area contributed by atoms with Crippen LogP contribution in [-0.4, -0.2) is 0 Å². The highest BCUT2D eigenvalue weighted by molar-refractivity contribution is 5.25. The Hall–Kier alpha value is -0.820. The molecule has 1 heteroatoms. The first-order valence-electron chi connectivity index (χ1n) is 7.16. The van der Waals surface area contributed by atoms with Crippen LogP contribution in [0.4, 0.5) is 0 Å².